The Hall–Kier alpha value is -5.16. The molecule has 1 fully saturated rings. The summed E-state index contributed by atoms with van der Waals surface area (Å²) in [5, 5.41) is 26.8. The van der Waals surface area contributed by atoms with Gasteiger partial charge in [-0.3, -0.25) is 14.5 Å². The van der Waals surface area contributed by atoms with Gasteiger partial charge in [-0.2, -0.15) is 4.57 Å². The minimum Gasteiger partial charge on any atom is -0.492 e. The van der Waals surface area contributed by atoms with E-state index in [1.807, 2.05) is 47.3 Å². The summed E-state index contributed by atoms with van der Waals surface area (Å²) in [5.41, 5.74) is 6.39. The molecule has 3 aromatic rings. The molecule has 0 bridgehead atoms. The highest BCUT2D eigenvalue weighted by molar-refractivity contribution is 8.00. The Labute approximate surface area is 295 Å². The van der Waals surface area contributed by atoms with Crippen molar-refractivity contribution in [3.05, 3.63) is 76.2 Å². The number of amides is 2. The standard InChI is InChI=1S/C33H36N6O9S2/c1-33(2,31(44)45)48-37-24(21-17-50-32(34)35-21)27(40)36-25-28(41)39-26(30(42)43)20(16-49-29(25)39)7-5-6-18-8-10-19(11-9-18)14-38-13-12-22(46-3)23(15-38)47-4/h8-13,15,17,25,29H,5-7,14,16H2,1-4H3,(H4-,34,35,36,40,42,43,44,45)/p+1/b37-24-/t25-,29-/m1/s1. The molecule has 17 heteroatoms. The van der Waals surface area contributed by atoms with Crippen molar-refractivity contribution in [2.45, 2.75) is 56.7 Å². The number of aromatic nitrogens is 2. The number of ether oxygens (including phenoxy) is 2. The van der Waals surface area contributed by atoms with Gasteiger partial charge < -0.3 is 35.6 Å². The average Bonchev–Trinajstić information content (AvgIpc) is 3.52. The Bertz CT molecular complexity index is 1860. The number of β-lactam (4-membered cyclic amide) rings is 1. The molecule has 1 aromatic carbocycles. The molecular formula is C33H37N6O9S2+. The number of benzene rings is 1. The van der Waals surface area contributed by atoms with E-state index in [0.29, 0.717) is 48.6 Å². The Morgan fingerprint density at radius 1 is 1.10 bits per heavy atom. The number of methoxy groups -OCH3 is 2. The van der Waals surface area contributed by atoms with Gasteiger partial charge in [-0.15, -0.1) is 23.1 Å². The van der Waals surface area contributed by atoms with Crippen LogP contribution in [0.15, 0.2) is 64.5 Å². The van der Waals surface area contributed by atoms with Gasteiger partial charge in [-0.25, -0.2) is 14.6 Å². The van der Waals surface area contributed by atoms with E-state index in [1.165, 1.54) is 35.9 Å². The van der Waals surface area contributed by atoms with E-state index in [9.17, 15) is 29.4 Å². The van der Waals surface area contributed by atoms with Crippen LogP contribution >= 0.6 is 23.1 Å². The van der Waals surface area contributed by atoms with Crippen LogP contribution in [0, 0.1) is 0 Å². The number of aliphatic carboxylic acids is 2. The summed E-state index contributed by atoms with van der Waals surface area (Å²) < 4.78 is 12.7. The number of thiazole rings is 1. The molecule has 2 amide bonds. The number of hydrogen-bond acceptors (Lipinski definition) is 12. The zero-order valence-electron chi connectivity index (χ0n) is 27.7. The highest BCUT2D eigenvalue weighted by Crippen LogP contribution is 2.41. The van der Waals surface area contributed by atoms with Gasteiger partial charge in [-0.1, -0.05) is 29.4 Å². The summed E-state index contributed by atoms with van der Waals surface area (Å²) >= 11 is 2.38. The predicted octanol–water partition coefficient (Wildman–Crippen LogP) is 2.42. The highest BCUT2D eigenvalue weighted by atomic mass is 32.2. The second-order valence-electron chi connectivity index (χ2n) is 12.0. The van der Waals surface area contributed by atoms with Crippen molar-refractivity contribution in [1.82, 2.24) is 15.2 Å². The van der Waals surface area contributed by atoms with Gasteiger partial charge >= 0.3 is 11.9 Å². The van der Waals surface area contributed by atoms with Crippen LogP contribution in [-0.4, -0.2) is 86.6 Å². The first-order valence-electron chi connectivity index (χ1n) is 15.4. The molecule has 2 aromatic heterocycles. The highest BCUT2D eigenvalue weighted by Gasteiger charge is 2.54. The van der Waals surface area contributed by atoms with Gasteiger partial charge in [0.2, 0.25) is 17.5 Å². The third-order valence-electron chi connectivity index (χ3n) is 8.11. The molecule has 15 nitrogen and oxygen atoms in total. The molecule has 1 saturated heterocycles. The first-order chi connectivity index (χ1) is 23.8. The summed E-state index contributed by atoms with van der Waals surface area (Å²) in [5.74, 6) is -2.31. The number of rotatable bonds is 15. The van der Waals surface area contributed by atoms with Gasteiger partial charge in [0, 0.05) is 22.8 Å². The van der Waals surface area contributed by atoms with Crippen LogP contribution in [0.5, 0.6) is 11.5 Å². The Kier molecular flexibility index (Phi) is 11.0. The Morgan fingerprint density at radius 3 is 2.42 bits per heavy atom. The van der Waals surface area contributed by atoms with Gasteiger partial charge in [0.05, 0.1) is 14.2 Å². The maximum absolute atomic E-state index is 13.3. The lowest BCUT2D eigenvalue weighted by molar-refractivity contribution is -0.688. The number of nitrogen functional groups attached to an aromatic ring is 1. The number of nitrogens with two attached hydrogens (primary N) is 1. The number of carboxylic acid groups (broad SMARTS) is 2. The minimum absolute atomic E-state index is 0.0333. The van der Waals surface area contributed by atoms with Crippen molar-refractivity contribution < 1.29 is 48.3 Å². The summed E-state index contributed by atoms with van der Waals surface area (Å²) in [4.78, 5) is 60.9. The Balaban J connectivity index is 1.21. The zero-order chi connectivity index (χ0) is 36.2. The number of oxime groups is 1. The molecule has 50 heavy (non-hydrogen) atoms. The first kappa shape index (κ1) is 36.1. The molecule has 264 valence electrons. The number of carboxylic acids is 2. The van der Waals surface area contributed by atoms with Crippen LogP contribution in [0.1, 0.15) is 43.5 Å². The van der Waals surface area contributed by atoms with E-state index in [4.69, 9.17) is 20.0 Å². The first-order valence-corrected chi connectivity index (χ1v) is 17.4. The molecule has 2 atom stereocenters. The van der Waals surface area contributed by atoms with Crippen molar-refractivity contribution in [2.75, 3.05) is 25.7 Å². The van der Waals surface area contributed by atoms with E-state index >= 15 is 0 Å². The second-order valence-corrected chi connectivity index (χ2v) is 14.0. The lowest BCUT2D eigenvalue weighted by Gasteiger charge is -2.49. The number of anilines is 1. The van der Waals surface area contributed by atoms with E-state index in [1.54, 1.807) is 14.2 Å². The van der Waals surface area contributed by atoms with Crippen LogP contribution in [0.3, 0.4) is 0 Å². The molecule has 0 aliphatic carbocycles. The number of carbonyl (C=O) groups excluding carboxylic acids is 2. The van der Waals surface area contributed by atoms with E-state index < -0.39 is 40.8 Å². The number of pyridine rings is 1. The van der Waals surface area contributed by atoms with Gasteiger partial charge in [0.1, 0.15) is 22.8 Å². The quantitative estimate of drug-likeness (QED) is 0.0772. The normalized spacial score (nSPS) is 17.5. The monoisotopic (exact) mass is 725 g/mol. The van der Waals surface area contributed by atoms with Gasteiger partial charge in [-0.05, 0) is 44.2 Å². The number of thioether (sulfide) groups is 1. The lowest BCUT2D eigenvalue weighted by Crippen LogP contribution is -2.71. The molecule has 5 N–H and O–H groups in total. The summed E-state index contributed by atoms with van der Waals surface area (Å²) in [6, 6.07) is 8.99. The third kappa shape index (κ3) is 7.83. The number of fused-ring (bicyclic) bond motifs is 1. The fourth-order valence-electron chi connectivity index (χ4n) is 5.34. The molecule has 2 aliphatic heterocycles. The number of nitrogens with zero attached hydrogens (tertiary/aromatic N) is 4. The molecule has 0 unspecified atom stereocenters. The topological polar surface area (TPSA) is 207 Å². The maximum Gasteiger partial charge on any atom is 0.352 e. The smallest absolute Gasteiger partial charge is 0.352 e. The molecule has 4 heterocycles. The minimum atomic E-state index is -1.76. The summed E-state index contributed by atoms with van der Waals surface area (Å²) in [7, 11) is 3.18. The molecular weight excluding hydrogens is 689 g/mol. The predicted molar refractivity (Wildman–Crippen MR) is 184 cm³/mol. The van der Waals surface area contributed by atoms with Gasteiger partial charge in [0.15, 0.2) is 29.3 Å². The van der Waals surface area contributed by atoms with Crippen LogP contribution in [0.2, 0.25) is 0 Å². The zero-order valence-corrected chi connectivity index (χ0v) is 29.4. The SMILES string of the molecule is COc1cc[n+](Cc2ccc(CCCC3=C(C(=O)O)N4C(=O)[C@@H](NC(=O)/C(=N\OC(C)(C)C(=O)O)c5csc(N)n5)[C@H]4SC3)cc2)cc1OC. The van der Waals surface area contributed by atoms with Crippen molar-refractivity contribution in [1.29, 1.82) is 0 Å². The number of aryl methyl sites for hydroxylation is 1. The molecule has 5 rings (SSSR count). The van der Waals surface area contributed by atoms with Crippen molar-refractivity contribution in [2.24, 2.45) is 5.16 Å². The fourth-order valence-corrected chi connectivity index (χ4v) is 7.27. The van der Waals surface area contributed by atoms with Crippen molar-refractivity contribution in [3.63, 3.8) is 0 Å². The van der Waals surface area contributed by atoms with Crippen LogP contribution in [-0.2, 0) is 37.0 Å². The van der Waals surface area contributed by atoms with Crippen molar-refractivity contribution in [3.8, 4) is 11.5 Å². The van der Waals surface area contributed by atoms with E-state index in [-0.39, 0.29) is 22.2 Å². The molecule has 0 saturated carbocycles. The number of carbonyl (C=O) groups is 4. The maximum atomic E-state index is 13.3. The second kappa shape index (κ2) is 15.2. The summed E-state index contributed by atoms with van der Waals surface area (Å²) in [6.07, 6.45) is 5.65. The van der Waals surface area contributed by atoms with Crippen LogP contribution in [0.4, 0.5) is 5.13 Å². The van der Waals surface area contributed by atoms with Crippen LogP contribution < -0.4 is 25.1 Å². The fraction of sp³-hybridized carbons (Fsp3) is 0.364. The van der Waals surface area contributed by atoms with E-state index in [2.05, 4.69) is 15.5 Å². The number of nitrogens with one attached hydrogen (secondary N) is 1. The average molecular weight is 726 g/mol. The largest absolute Gasteiger partial charge is 0.492 e. The van der Waals surface area contributed by atoms with Crippen molar-refractivity contribution >= 4 is 57.7 Å². The third-order valence-corrected chi connectivity index (χ3v) is 10.1. The number of hydrogen-bond donors (Lipinski definition) is 4. The molecule has 0 radical (unpaired) electrons. The summed E-state index contributed by atoms with van der Waals surface area (Å²) in [6.45, 7) is 3.15. The van der Waals surface area contributed by atoms with Gasteiger partial charge in [0.25, 0.3) is 11.8 Å². The van der Waals surface area contributed by atoms with E-state index in [0.717, 1.165) is 22.5 Å². The Morgan fingerprint density at radius 2 is 1.80 bits per heavy atom. The molecule has 2 aliphatic rings. The molecule has 0 spiro atoms. The lowest BCUT2D eigenvalue weighted by atomic mass is 9.98. The van der Waals surface area contributed by atoms with Crippen LogP contribution in [0.25, 0.3) is 0 Å².